The van der Waals surface area contributed by atoms with Crippen molar-refractivity contribution >= 4 is 22.6 Å². The third kappa shape index (κ3) is 4.91. The molecule has 0 radical (unpaired) electrons. The molecule has 0 aliphatic carbocycles. The van der Waals surface area contributed by atoms with E-state index in [4.69, 9.17) is 4.74 Å². The third-order valence-corrected chi connectivity index (χ3v) is 6.46. The van der Waals surface area contributed by atoms with Crippen LogP contribution < -0.4 is 5.32 Å². The summed E-state index contributed by atoms with van der Waals surface area (Å²) in [6.07, 6.45) is 0.599. The normalized spacial score (nSPS) is 16.4. The van der Waals surface area contributed by atoms with Crippen LogP contribution in [0, 0.1) is 11.7 Å². The monoisotopic (exact) mass is 448 g/mol. The van der Waals surface area contributed by atoms with Gasteiger partial charge in [0.25, 0.3) is 5.91 Å². The molecule has 2 amide bonds. The first-order valence-electron chi connectivity index (χ1n) is 11.3. The number of hydrogen-bond acceptors (Lipinski definition) is 3. The molecular formula is C27H29FN2O3. The van der Waals surface area contributed by atoms with Crippen molar-refractivity contribution in [3.8, 4) is 0 Å². The molecule has 3 aromatic carbocycles. The van der Waals surface area contributed by atoms with Gasteiger partial charge in [0.1, 0.15) is 11.9 Å². The molecule has 0 saturated carbocycles. The van der Waals surface area contributed by atoms with Gasteiger partial charge in [0, 0.05) is 37.2 Å². The third-order valence-electron chi connectivity index (χ3n) is 6.46. The van der Waals surface area contributed by atoms with Gasteiger partial charge < -0.3 is 15.0 Å². The number of halogens is 1. The van der Waals surface area contributed by atoms with Crippen LogP contribution in [0.15, 0.2) is 66.7 Å². The van der Waals surface area contributed by atoms with Gasteiger partial charge in [0.2, 0.25) is 5.91 Å². The van der Waals surface area contributed by atoms with E-state index in [1.54, 1.807) is 18.2 Å². The zero-order chi connectivity index (χ0) is 23.4. The minimum absolute atomic E-state index is 0.00183. The van der Waals surface area contributed by atoms with E-state index < -0.39 is 12.1 Å². The fourth-order valence-corrected chi connectivity index (χ4v) is 4.65. The molecule has 5 nitrogen and oxygen atoms in total. The SMILES string of the molecule is CO[C@@H](c1ccccc1F)[C@H](C)NC(=O)C1CCN(C(=O)c2cccc3ccccc23)CC1. The van der Waals surface area contributed by atoms with E-state index in [2.05, 4.69) is 5.32 Å². The maximum Gasteiger partial charge on any atom is 0.254 e. The topological polar surface area (TPSA) is 58.6 Å². The fraction of sp³-hybridized carbons (Fsp3) is 0.333. The molecule has 2 atom stereocenters. The van der Waals surface area contributed by atoms with Crippen molar-refractivity contribution in [2.45, 2.75) is 31.9 Å². The zero-order valence-corrected chi connectivity index (χ0v) is 19.0. The number of carbonyl (C=O) groups excluding carboxylic acids is 2. The summed E-state index contributed by atoms with van der Waals surface area (Å²) >= 11 is 0. The summed E-state index contributed by atoms with van der Waals surface area (Å²) in [5, 5.41) is 4.97. The molecule has 1 fully saturated rings. The number of rotatable bonds is 6. The van der Waals surface area contributed by atoms with E-state index in [9.17, 15) is 14.0 Å². The Balaban J connectivity index is 1.37. The first kappa shape index (κ1) is 22.9. The highest BCUT2D eigenvalue weighted by molar-refractivity contribution is 6.07. The summed E-state index contributed by atoms with van der Waals surface area (Å²) in [7, 11) is 1.51. The Labute approximate surface area is 193 Å². The predicted octanol–water partition coefficient (Wildman–Crippen LogP) is 4.72. The van der Waals surface area contributed by atoms with Crippen LogP contribution >= 0.6 is 0 Å². The molecule has 0 spiro atoms. The number of nitrogens with zero attached hydrogens (tertiary/aromatic N) is 1. The molecule has 172 valence electrons. The molecule has 33 heavy (non-hydrogen) atoms. The molecule has 0 bridgehead atoms. The molecule has 0 unspecified atom stereocenters. The molecule has 6 heteroatoms. The minimum atomic E-state index is -0.580. The van der Waals surface area contributed by atoms with Crippen molar-refractivity contribution in [1.29, 1.82) is 0 Å². The van der Waals surface area contributed by atoms with Crippen LogP contribution in [0.25, 0.3) is 10.8 Å². The smallest absolute Gasteiger partial charge is 0.254 e. The summed E-state index contributed by atoms with van der Waals surface area (Å²) in [6.45, 7) is 2.86. The van der Waals surface area contributed by atoms with E-state index in [1.807, 2.05) is 54.3 Å². The van der Waals surface area contributed by atoms with Crippen molar-refractivity contribution in [2.24, 2.45) is 5.92 Å². The van der Waals surface area contributed by atoms with Crippen molar-refractivity contribution in [3.05, 3.63) is 83.7 Å². The molecule has 1 heterocycles. The van der Waals surface area contributed by atoms with Crippen LogP contribution in [0.4, 0.5) is 4.39 Å². The molecule has 4 rings (SSSR count). The number of piperidine rings is 1. The standard InChI is InChI=1S/C27H29FN2O3/c1-18(25(33-2)23-11-5-6-13-24(23)28)29-26(31)20-14-16-30(17-15-20)27(32)22-12-7-9-19-8-3-4-10-21(19)22/h3-13,18,20,25H,14-17H2,1-2H3,(H,29,31)/t18-,25+/m0/s1. The largest absolute Gasteiger partial charge is 0.375 e. The molecule has 1 saturated heterocycles. The molecule has 1 aliphatic heterocycles. The predicted molar refractivity (Wildman–Crippen MR) is 126 cm³/mol. The lowest BCUT2D eigenvalue weighted by molar-refractivity contribution is -0.128. The number of benzene rings is 3. The lowest BCUT2D eigenvalue weighted by atomic mass is 9.94. The van der Waals surface area contributed by atoms with Crippen LogP contribution in [0.5, 0.6) is 0 Å². The highest BCUT2D eigenvalue weighted by atomic mass is 19.1. The van der Waals surface area contributed by atoms with E-state index in [0.717, 1.165) is 10.8 Å². The van der Waals surface area contributed by atoms with Gasteiger partial charge in [-0.2, -0.15) is 0 Å². The van der Waals surface area contributed by atoms with Gasteiger partial charge in [-0.25, -0.2) is 4.39 Å². The first-order chi connectivity index (χ1) is 16.0. The number of amides is 2. The quantitative estimate of drug-likeness (QED) is 0.594. The van der Waals surface area contributed by atoms with E-state index >= 15 is 0 Å². The van der Waals surface area contributed by atoms with E-state index in [-0.39, 0.29) is 23.5 Å². The highest BCUT2D eigenvalue weighted by Gasteiger charge is 2.31. The van der Waals surface area contributed by atoms with Gasteiger partial charge in [0.15, 0.2) is 0 Å². The first-order valence-corrected chi connectivity index (χ1v) is 11.3. The maximum absolute atomic E-state index is 14.2. The van der Waals surface area contributed by atoms with Gasteiger partial charge in [-0.1, -0.05) is 54.6 Å². The van der Waals surface area contributed by atoms with Crippen LogP contribution in [-0.4, -0.2) is 43.0 Å². The Kier molecular flexibility index (Phi) is 7.04. The van der Waals surface area contributed by atoms with Crippen LogP contribution in [0.3, 0.4) is 0 Å². The Hall–Kier alpha value is -3.25. The van der Waals surface area contributed by atoms with Crippen LogP contribution in [0.1, 0.15) is 41.8 Å². The zero-order valence-electron chi connectivity index (χ0n) is 19.0. The molecule has 1 aliphatic rings. The Morgan fingerprint density at radius 1 is 1.00 bits per heavy atom. The van der Waals surface area contributed by atoms with E-state index in [0.29, 0.717) is 37.1 Å². The van der Waals surface area contributed by atoms with Crippen molar-refractivity contribution in [3.63, 3.8) is 0 Å². The number of methoxy groups -OCH3 is 1. The molecular weight excluding hydrogens is 419 g/mol. The number of nitrogens with one attached hydrogen (secondary N) is 1. The summed E-state index contributed by atoms with van der Waals surface area (Å²) in [6, 6.07) is 19.7. The van der Waals surface area contributed by atoms with Crippen molar-refractivity contribution in [2.75, 3.05) is 20.2 Å². The fourth-order valence-electron chi connectivity index (χ4n) is 4.65. The number of carbonyl (C=O) groups is 2. The number of fused-ring (bicyclic) bond motifs is 1. The maximum atomic E-state index is 14.2. The van der Waals surface area contributed by atoms with Crippen molar-refractivity contribution < 1.29 is 18.7 Å². The van der Waals surface area contributed by atoms with Gasteiger partial charge in [-0.15, -0.1) is 0 Å². The van der Waals surface area contributed by atoms with Crippen molar-refractivity contribution in [1.82, 2.24) is 10.2 Å². The number of hydrogen-bond donors (Lipinski definition) is 1. The molecule has 3 aromatic rings. The Morgan fingerprint density at radius 3 is 2.39 bits per heavy atom. The number of ether oxygens (including phenoxy) is 1. The van der Waals surface area contributed by atoms with Crippen LogP contribution in [0.2, 0.25) is 0 Å². The summed E-state index contributed by atoms with van der Waals surface area (Å²) in [5.41, 5.74) is 1.11. The van der Waals surface area contributed by atoms with Gasteiger partial charge in [-0.3, -0.25) is 9.59 Å². The second-order valence-electron chi connectivity index (χ2n) is 8.57. The van der Waals surface area contributed by atoms with Gasteiger partial charge in [0.05, 0.1) is 6.04 Å². The van der Waals surface area contributed by atoms with Crippen LogP contribution in [-0.2, 0) is 9.53 Å². The lowest BCUT2D eigenvalue weighted by Crippen LogP contribution is -2.46. The van der Waals surface area contributed by atoms with E-state index in [1.165, 1.54) is 13.2 Å². The summed E-state index contributed by atoms with van der Waals surface area (Å²) in [5.74, 6) is -0.635. The average Bonchev–Trinajstić information content (AvgIpc) is 2.85. The molecule has 1 N–H and O–H groups in total. The highest BCUT2D eigenvalue weighted by Crippen LogP contribution is 2.26. The average molecular weight is 449 g/mol. The summed E-state index contributed by atoms with van der Waals surface area (Å²) < 4.78 is 19.7. The second kappa shape index (κ2) is 10.1. The minimum Gasteiger partial charge on any atom is -0.375 e. The van der Waals surface area contributed by atoms with Gasteiger partial charge >= 0.3 is 0 Å². The molecule has 0 aromatic heterocycles. The summed E-state index contributed by atoms with van der Waals surface area (Å²) in [4.78, 5) is 27.9. The second-order valence-corrected chi connectivity index (χ2v) is 8.57. The number of likely N-dealkylation sites (tertiary alicyclic amines) is 1. The van der Waals surface area contributed by atoms with Gasteiger partial charge in [-0.05, 0) is 42.7 Å². The Bertz CT molecular complexity index is 1140. The lowest BCUT2D eigenvalue weighted by Gasteiger charge is -2.33. The Morgan fingerprint density at radius 2 is 1.67 bits per heavy atom.